The first kappa shape index (κ1) is 15.3. The van der Waals surface area contributed by atoms with Gasteiger partial charge in [0.2, 0.25) is 0 Å². The van der Waals surface area contributed by atoms with Crippen LogP contribution >= 0.6 is 0 Å². The van der Waals surface area contributed by atoms with Gasteiger partial charge in [0.1, 0.15) is 0 Å². The van der Waals surface area contributed by atoms with Crippen molar-refractivity contribution in [3.8, 4) is 0 Å². The van der Waals surface area contributed by atoms with Crippen LogP contribution in [0.1, 0.15) is 31.1 Å². The second-order valence-electron chi connectivity index (χ2n) is 6.93. The second-order valence-corrected chi connectivity index (χ2v) is 6.93. The Morgan fingerprint density at radius 2 is 2.17 bits per heavy atom. The van der Waals surface area contributed by atoms with Crippen molar-refractivity contribution in [1.29, 1.82) is 0 Å². The molecule has 1 amide bonds. The van der Waals surface area contributed by atoms with Gasteiger partial charge in [0.25, 0.3) is 5.91 Å². The second kappa shape index (κ2) is 5.91. The molecule has 2 aromatic heterocycles. The molecule has 2 heterocycles. The van der Waals surface area contributed by atoms with Crippen LogP contribution in [0.15, 0.2) is 49.2 Å². The SMILES string of the molecule is CC(C)(C)C(Cn1ccnc1)NC(=O)c1ccc2[nH]ccc2c1. The maximum Gasteiger partial charge on any atom is 0.251 e. The number of amides is 1. The number of rotatable bonds is 4. The molecule has 23 heavy (non-hydrogen) atoms. The van der Waals surface area contributed by atoms with Gasteiger partial charge >= 0.3 is 0 Å². The van der Waals surface area contributed by atoms with Gasteiger partial charge in [0.15, 0.2) is 0 Å². The normalized spacial score (nSPS) is 13.2. The number of nitrogens with one attached hydrogen (secondary N) is 2. The van der Waals surface area contributed by atoms with E-state index < -0.39 is 0 Å². The number of hydrogen-bond donors (Lipinski definition) is 2. The van der Waals surface area contributed by atoms with Gasteiger partial charge in [-0.2, -0.15) is 0 Å². The van der Waals surface area contributed by atoms with Crippen molar-refractivity contribution in [1.82, 2.24) is 19.9 Å². The van der Waals surface area contributed by atoms with Gasteiger partial charge in [0.05, 0.1) is 12.4 Å². The number of H-pyrrole nitrogens is 1. The van der Waals surface area contributed by atoms with Crippen molar-refractivity contribution >= 4 is 16.8 Å². The summed E-state index contributed by atoms with van der Waals surface area (Å²) >= 11 is 0. The molecule has 5 nitrogen and oxygen atoms in total. The van der Waals surface area contributed by atoms with Crippen LogP contribution in [-0.2, 0) is 6.54 Å². The Hall–Kier alpha value is -2.56. The van der Waals surface area contributed by atoms with Crippen molar-refractivity contribution in [3.05, 3.63) is 54.7 Å². The summed E-state index contributed by atoms with van der Waals surface area (Å²) in [6.45, 7) is 7.08. The minimum atomic E-state index is -0.0574. The number of benzene rings is 1. The lowest BCUT2D eigenvalue weighted by molar-refractivity contribution is 0.0892. The van der Waals surface area contributed by atoms with Crippen LogP contribution in [0.25, 0.3) is 10.9 Å². The maximum absolute atomic E-state index is 12.6. The van der Waals surface area contributed by atoms with Crippen molar-refractivity contribution in [2.45, 2.75) is 33.4 Å². The molecule has 0 saturated carbocycles. The Balaban J connectivity index is 1.79. The zero-order valence-electron chi connectivity index (χ0n) is 13.7. The summed E-state index contributed by atoms with van der Waals surface area (Å²) in [6, 6.07) is 7.68. The molecule has 0 bridgehead atoms. The lowest BCUT2D eigenvalue weighted by Crippen LogP contribution is -2.46. The van der Waals surface area contributed by atoms with E-state index >= 15 is 0 Å². The molecule has 120 valence electrons. The van der Waals surface area contributed by atoms with E-state index in [4.69, 9.17) is 0 Å². The summed E-state index contributed by atoms with van der Waals surface area (Å²) in [5.74, 6) is -0.0480. The van der Waals surface area contributed by atoms with Crippen LogP contribution in [0.3, 0.4) is 0 Å². The highest BCUT2D eigenvalue weighted by Crippen LogP contribution is 2.22. The smallest absolute Gasteiger partial charge is 0.251 e. The standard InChI is InChI=1S/C18H22N4O/c1-18(2,3)16(11-22-9-8-19-12-22)21-17(23)14-4-5-15-13(10-14)6-7-20-15/h4-10,12,16,20H,11H2,1-3H3,(H,21,23). The number of imidazole rings is 1. The van der Waals surface area contributed by atoms with Crippen molar-refractivity contribution in [3.63, 3.8) is 0 Å². The third-order valence-electron chi connectivity index (χ3n) is 4.12. The first-order chi connectivity index (χ1) is 10.9. The topological polar surface area (TPSA) is 62.7 Å². The van der Waals surface area contributed by atoms with Gasteiger partial charge in [-0.3, -0.25) is 4.79 Å². The molecular formula is C18H22N4O. The van der Waals surface area contributed by atoms with Crippen LogP contribution in [-0.4, -0.2) is 26.5 Å². The highest BCUT2D eigenvalue weighted by molar-refractivity contribution is 5.98. The van der Waals surface area contributed by atoms with Gasteiger partial charge in [-0.25, -0.2) is 4.98 Å². The van der Waals surface area contributed by atoms with Crippen LogP contribution < -0.4 is 5.32 Å². The number of aromatic amines is 1. The zero-order valence-corrected chi connectivity index (χ0v) is 13.7. The van der Waals surface area contributed by atoms with Crippen molar-refractivity contribution in [2.75, 3.05) is 0 Å². The highest BCUT2D eigenvalue weighted by Gasteiger charge is 2.27. The molecule has 0 radical (unpaired) electrons. The fourth-order valence-electron chi connectivity index (χ4n) is 2.58. The Morgan fingerprint density at radius 3 is 2.87 bits per heavy atom. The zero-order chi connectivity index (χ0) is 16.4. The summed E-state index contributed by atoms with van der Waals surface area (Å²) in [5.41, 5.74) is 1.65. The van der Waals surface area contributed by atoms with Gasteiger partial charge < -0.3 is 14.9 Å². The fourth-order valence-corrected chi connectivity index (χ4v) is 2.58. The molecule has 0 spiro atoms. The monoisotopic (exact) mass is 310 g/mol. The maximum atomic E-state index is 12.6. The number of aromatic nitrogens is 3. The number of carbonyl (C=O) groups excluding carboxylic acids is 1. The predicted molar refractivity (Wildman–Crippen MR) is 91.2 cm³/mol. The molecule has 0 aliphatic carbocycles. The first-order valence-electron chi connectivity index (χ1n) is 7.77. The largest absolute Gasteiger partial charge is 0.361 e. The third-order valence-corrected chi connectivity index (χ3v) is 4.12. The van der Waals surface area contributed by atoms with E-state index in [9.17, 15) is 4.79 Å². The van der Waals surface area contributed by atoms with Crippen LogP contribution in [0.2, 0.25) is 0 Å². The molecule has 2 N–H and O–H groups in total. The molecule has 1 aromatic carbocycles. The minimum Gasteiger partial charge on any atom is -0.361 e. The van der Waals surface area contributed by atoms with E-state index in [1.54, 1.807) is 12.5 Å². The van der Waals surface area contributed by atoms with E-state index in [0.29, 0.717) is 12.1 Å². The summed E-state index contributed by atoms with van der Waals surface area (Å²) in [6.07, 6.45) is 7.32. The highest BCUT2D eigenvalue weighted by atomic mass is 16.1. The van der Waals surface area contributed by atoms with Crippen molar-refractivity contribution < 1.29 is 4.79 Å². The van der Waals surface area contributed by atoms with Crippen LogP contribution in [0, 0.1) is 5.41 Å². The fraction of sp³-hybridized carbons (Fsp3) is 0.333. The minimum absolute atomic E-state index is 0.00567. The molecule has 0 aliphatic rings. The van der Waals surface area contributed by atoms with Crippen LogP contribution in [0.4, 0.5) is 0 Å². The van der Waals surface area contributed by atoms with Gasteiger partial charge in [0, 0.05) is 41.6 Å². The van der Waals surface area contributed by atoms with Crippen molar-refractivity contribution in [2.24, 2.45) is 5.41 Å². The van der Waals surface area contributed by atoms with Gasteiger partial charge in [-0.15, -0.1) is 0 Å². The number of fused-ring (bicyclic) bond motifs is 1. The summed E-state index contributed by atoms with van der Waals surface area (Å²) in [7, 11) is 0. The van der Waals surface area contributed by atoms with Crippen LogP contribution in [0.5, 0.6) is 0 Å². The molecule has 0 fully saturated rings. The first-order valence-corrected chi connectivity index (χ1v) is 7.77. The van der Waals surface area contributed by atoms with Gasteiger partial charge in [-0.05, 0) is 29.7 Å². The van der Waals surface area contributed by atoms with Gasteiger partial charge in [-0.1, -0.05) is 20.8 Å². The molecule has 0 saturated heterocycles. The molecule has 3 aromatic rings. The summed E-state index contributed by atoms with van der Waals surface area (Å²) < 4.78 is 1.99. The predicted octanol–water partition coefficient (Wildman–Crippen LogP) is 3.21. The molecular weight excluding hydrogens is 288 g/mol. The average molecular weight is 310 g/mol. The van der Waals surface area contributed by atoms with E-state index in [1.807, 2.05) is 41.2 Å². The molecule has 3 rings (SSSR count). The number of nitrogens with zero attached hydrogens (tertiary/aromatic N) is 2. The molecule has 0 aliphatic heterocycles. The Morgan fingerprint density at radius 1 is 1.35 bits per heavy atom. The van der Waals surface area contributed by atoms with E-state index in [0.717, 1.165) is 10.9 Å². The molecule has 1 unspecified atom stereocenters. The van der Waals surface area contributed by atoms with E-state index in [-0.39, 0.29) is 17.4 Å². The van der Waals surface area contributed by atoms with E-state index in [2.05, 4.69) is 36.1 Å². The lowest BCUT2D eigenvalue weighted by atomic mass is 9.86. The Labute approximate surface area is 135 Å². The number of carbonyl (C=O) groups is 1. The Bertz CT molecular complexity index is 796. The number of hydrogen-bond acceptors (Lipinski definition) is 2. The van der Waals surface area contributed by atoms with E-state index in [1.165, 1.54) is 0 Å². The summed E-state index contributed by atoms with van der Waals surface area (Å²) in [5, 5.41) is 4.21. The summed E-state index contributed by atoms with van der Waals surface area (Å²) in [4.78, 5) is 19.9. The average Bonchev–Trinajstić information content (AvgIpc) is 3.15. The quantitative estimate of drug-likeness (QED) is 0.777. The lowest BCUT2D eigenvalue weighted by Gasteiger charge is -2.31. The third kappa shape index (κ3) is 3.44. The molecule has 1 atom stereocenters. The molecule has 5 heteroatoms. The Kier molecular flexibility index (Phi) is 3.94.